The van der Waals surface area contributed by atoms with Gasteiger partial charge in [0.05, 0.1) is 17.1 Å². The lowest BCUT2D eigenvalue weighted by atomic mass is 9.35. The molecule has 3 nitrogen and oxygen atoms in total. The van der Waals surface area contributed by atoms with Crippen molar-refractivity contribution >= 4 is 95.0 Å². The van der Waals surface area contributed by atoms with E-state index in [0.717, 1.165) is 29.9 Å². The van der Waals surface area contributed by atoms with E-state index >= 15 is 0 Å². The summed E-state index contributed by atoms with van der Waals surface area (Å²) in [6, 6.07) is 64.1. The maximum atomic E-state index is 2.77. The lowest BCUT2D eigenvalue weighted by Crippen LogP contribution is -2.61. The molecule has 0 N–H and O–H groups in total. The van der Waals surface area contributed by atoms with Crippen LogP contribution in [0.25, 0.3) is 21.2 Å². The van der Waals surface area contributed by atoms with Crippen LogP contribution >= 0.6 is 11.3 Å². The Labute approximate surface area is 501 Å². The molecule has 0 radical (unpaired) electrons. The number of benzene rings is 8. The predicted octanol–water partition coefficient (Wildman–Crippen LogP) is 20.7. The molecule has 5 heteroatoms. The van der Waals surface area contributed by atoms with Gasteiger partial charge in [-0.05, 0) is 198 Å². The van der Waals surface area contributed by atoms with Gasteiger partial charge in [-0.1, -0.05) is 203 Å². The van der Waals surface area contributed by atoms with Gasteiger partial charge in [0.2, 0.25) is 0 Å². The van der Waals surface area contributed by atoms with Crippen molar-refractivity contribution in [2.75, 3.05) is 14.7 Å². The highest BCUT2D eigenvalue weighted by Gasteiger charge is 2.49. The minimum Gasteiger partial charge on any atom is -0.311 e. The Bertz CT molecular complexity index is 4010. The van der Waals surface area contributed by atoms with Crippen molar-refractivity contribution in [3.05, 3.63) is 203 Å². The minimum atomic E-state index is -0.147. The van der Waals surface area contributed by atoms with Crippen LogP contribution in [-0.2, 0) is 37.9 Å². The van der Waals surface area contributed by atoms with Crippen LogP contribution in [0.5, 0.6) is 0 Å². The average Bonchev–Trinajstić information content (AvgIpc) is 2.48. The van der Waals surface area contributed by atoms with E-state index in [1.54, 1.807) is 0 Å². The summed E-state index contributed by atoms with van der Waals surface area (Å²) in [5.41, 5.74) is 25.9. The summed E-state index contributed by atoms with van der Waals surface area (Å²) in [7, 11) is 0. The Morgan fingerprint density at radius 2 is 0.940 bits per heavy atom. The third-order valence-electron chi connectivity index (χ3n) is 19.9. The van der Waals surface area contributed by atoms with Crippen molar-refractivity contribution in [2.24, 2.45) is 0 Å². The fraction of sp³-hybridized carbons (Fsp3) is 0.359. The molecule has 3 heterocycles. The van der Waals surface area contributed by atoms with Crippen LogP contribution in [0.1, 0.15) is 182 Å². The highest BCUT2D eigenvalue weighted by atomic mass is 32.1. The zero-order valence-electron chi connectivity index (χ0n) is 52.7. The second-order valence-corrected chi connectivity index (χ2v) is 31.9. The van der Waals surface area contributed by atoms with Crippen LogP contribution in [0.2, 0.25) is 0 Å². The van der Waals surface area contributed by atoms with Crippen LogP contribution < -0.4 is 30.4 Å². The summed E-state index contributed by atoms with van der Waals surface area (Å²) < 4.78 is 2.81. The topological polar surface area (TPSA) is 9.72 Å². The van der Waals surface area contributed by atoms with Crippen LogP contribution in [-0.4, -0.2) is 6.71 Å². The third-order valence-corrected chi connectivity index (χ3v) is 21.2. The van der Waals surface area contributed by atoms with Crippen molar-refractivity contribution < 1.29 is 0 Å². The molecule has 422 valence electrons. The van der Waals surface area contributed by atoms with Gasteiger partial charge in [0, 0.05) is 54.6 Å². The summed E-state index contributed by atoms with van der Waals surface area (Å²) in [5.74, 6) is 0. The molecule has 0 unspecified atom stereocenters. The highest BCUT2D eigenvalue weighted by molar-refractivity contribution is 7.33. The van der Waals surface area contributed by atoms with E-state index in [0.29, 0.717) is 0 Å². The number of rotatable bonds is 6. The van der Waals surface area contributed by atoms with Gasteiger partial charge in [-0.3, -0.25) is 0 Å². The molecule has 8 aromatic carbocycles. The van der Waals surface area contributed by atoms with E-state index in [9.17, 15) is 0 Å². The molecule has 1 aromatic heterocycles. The molecule has 2 aliphatic heterocycles. The molecular weight excluding hydrogens is 1020 g/mol. The number of nitrogens with zero attached hydrogens (tertiary/aromatic N) is 3. The molecule has 0 saturated carbocycles. The SMILES string of the molecule is CC(C)(C)c1ccc(N2c3cc(C(C)(C)C)c(C(C)(C)C)cc3B3c4sc5cc6c(cc5c4N(c4ccc5c(c4)C(C)(C)CCC5(C)C)c4cc(N(c5ccccc5)c5ccccc5)cc2c43)C(C)(C)CCC6(C)C)c(-c2ccccc2)c1. The van der Waals surface area contributed by atoms with Gasteiger partial charge >= 0.3 is 0 Å². The van der Waals surface area contributed by atoms with E-state index in [1.807, 2.05) is 0 Å². The molecule has 13 rings (SSSR count). The Balaban J connectivity index is 1.24. The molecule has 0 amide bonds. The second-order valence-electron chi connectivity index (χ2n) is 30.8. The van der Waals surface area contributed by atoms with E-state index < -0.39 is 0 Å². The molecular formula is C78H86BN3S. The molecule has 0 fully saturated rings. The zero-order chi connectivity index (χ0) is 58.7. The zero-order valence-corrected chi connectivity index (χ0v) is 53.6. The van der Waals surface area contributed by atoms with Crippen LogP contribution in [0, 0.1) is 0 Å². The molecule has 9 aromatic rings. The predicted molar refractivity (Wildman–Crippen MR) is 363 cm³/mol. The van der Waals surface area contributed by atoms with Gasteiger partial charge in [-0.15, -0.1) is 11.3 Å². The molecule has 0 atom stereocenters. The first-order valence-electron chi connectivity index (χ1n) is 30.9. The average molecular weight is 1110 g/mol. The summed E-state index contributed by atoms with van der Waals surface area (Å²) >= 11 is 2.06. The number of anilines is 9. The normalized spacial score (nSPS) is 17.3. The Morgan fingerprint density at radius 3 is 1.49 bits per heavy atom. The molecule has 0 spiro atoms. The summed E-state index contributed by atoms with van der Waals surface area (Å²) in [4.78, 5) is 7.99. The molecule has 4 aliphatic rings. The van der Waals surface area contributed by atoms with E-state index in [-0.39, 0.29) is 44.6 Å². The fourth-order valence-electron chi connectivity index (χ4n) is 14.8. The standard InChI is InChI=1S/C78H86BN3S/c1-72(2,3)50-33-36-64(55(41-50)49-27-21-18-22-28-49)82-65-47-59(74(7,8)9)58(73(4,5)6)46-63(65)79-69-66(43-54(44-67(69)82)80(51-29-23-19-24-30-51)52-31-25-20-26-32-52)81(53-34-35-57-60(42-53)76(12,13)38-37-75(57,10)11)70-56-45-61-62(48-68(56)83-71(70)79)78(16,17)40-39-77(61,14)15/h18-36,41-48H,37-40H2,1-17H3. The Hall–Kier alpha value is -6.82. The number of fused-ring (bicyclic) bond motifs is 8. The van der Waals surface area contributed by atoms with E-state index in [1.165, 1.54) is 123 Å². The van der Waals surface area contributed by atoms with Gasteiger partial charge in [-0.25, -0.2) is 0 Å². The van der Waals surface area contributed by atoms with E-state index in [2.05, 4.69) is 308 Å². The summed E-state index contributed by atoms with van der Waals surface area (Å²) in [5, 5.41) is 1.36. The number of hydrogen-bond acceptors (Lipinski definition) is 4. The second kappa shape index (κ2) is 18.8. The minimum absolute atomic E-state index is 0.00299. The van der Waals surface area contributed by atoms with Crippen LogP contribution in [0.3, 0.4) is 0 Å². The van der Waals surface area contributed by atoms with Crippen molar-refractivity contribution in [1.29, 1.82) is 0 Å². The van der Waals surface area contributed by atoms with Gasteiger partial charge < -0.3 is 14.7 Å². The fourth-order valence-corrected chi connectivity index (χ4v) is 16.2. The number of hydrogen-bond donors (Lipinski definition) is 0. The first kappa shape index (κ1) is 55.4. The lowest BCUT2D eigenvalue weighted by Gasteiger charge is -2.46. The molecule has 83 heavy (non-hydrogen) atoms. The first-order valence-corrected chi connectivity index (χ1v) is 31.7. The molecule has 0 bridgehead atoms. The summed E-state index contributed by atoms with van der Waals surface area (Å²) in [6.45, 7) is 41.4. The lowest BCUT2D eigenvalue weighted by molar-refractivity contribution is 0.332. The molecule has 0 saturated heterocycles. The van der Waals surface area contributed by atoms with Gasteiger partial charge in [-0.2, -0.15) is 0 Å². The first-order chi connectivity index (χ1) is 39.0. The van der Waals surface area contributed by atoms with Crippen molar-refractivity contribution in [2.45, 2.75) is 181 Å². The van der Waals surface area contributed by atoms with Crippen LogP contribution in [0.15, 0.2) is 164 Å². The quantitative estimate of drug-likeness (QED) is 0.154. The van der Waals surface area contributed by atoms with Crippen molar-refractivity contribution in [3.8, 4) is 11.1 Å². The summed E-state index contributed by atoms with van der Waals surface area (Å²) in [6.07, 6.45) is 4.65. The smallest absolute Gasteiger partial charge is 0.264 e. The molecule has 2 aliphatic carbocycles. The van der Waals surface area contributed by atoms with Gasteiger partial charge in [0.25, 0.3) is 6.71 Å². The van der Waals surface area contributed by atoms with Gasteiger partial charge in [0.15, 0.2) is 0 Å². The van der Waals surface area contributed by atoms with E-state index in [4.69, 9.17) is 0 Å². The highest BCUT2D eigenvalue weighted by Crippen LogP contribution is 2.57. The number of thiophene rings is 1. The number of para-hydroxylation sites is 2. The van der Waals surface area contributed by atoms with Gasteiger partial charge in [0.1, 0.15) is 0 Å². The maximum Gasteiger partial charge on any atom is 0.264 e. The Morgan fingerprint density at radius 1 is 0.434 bits per heavy atom. The van der Waals surface area contributed by atoms with Crippen molar-refractivity contribution in [1.82, 2.24) is 0 Å². The maximum absolute atomic E-state index is 2.77. The Kier molecular flexibility index (Phi) is 12.6. The van der Waals surface area contributed by atoms with Crippen molar-refractivity contribution in [3.63, 3.8) is 0 Å². The third kappa shape index (κ3) is 9.03. The van der Waals surface area contributed by atoms with Crippen LogP contribution in [0.4, 0.5) is 51.2 Å². The largest absolute Gasteiger partial charge is 0.311 e. The monoisotopic (exact) mass is 1110 g/mol.